The number of aromatic nitrogens is 5. The molecule has 2 aliphatic rings. The van der Waals surface area contributed by atoms with Crippen LogP contribution in [0.4, 0.5) is 5.82 Å². The minimum atomic E-state index is 0.227. The number of amides is 1. The lowest BCUT2D eigenvalue weighted by Gasteiger charge is -2.22. The van der Waals surface area contributed by atoms with Gasteiger partial charge in [0.1, 0.15) is 11.6 Å². The first-order chi connectivity index (χ1) is 14.0. The van der Waals surface area contributed by atoms with E-state index in [1.165, 1.54) is 0 Å². The normalized spacial score (nSPS) is 21.3. The van der Waals surface area contributed by atoms with E-state index in [-0.39, 0.29) is 5.91 Å². The molecule has 0 aliphatic carbocycles. The van der Waals surface area contributed by atoms with Gasteiger partial charge in [-0.3, -0.25) is 4.79 Å². The summed E-state index contributed by atoms with van der Waals surface area (Å²) in [6.07, 6.45) is 1.21. The predicted octanol–water partition coefficient (Wildman–Crippen LogP) is 1.56. The molecule has 0 bridgehead atoms. The minimum Gasteiger partial charge on any atom is -0.361 e. The number of anilines is 1. The Bertz CT molecular complexity index is 1040. The van der Waals surface area contributed by atoms with E-state index in [1.54, 1.807) is 4.52 Å². The molecule has 152 valence electrons. The Morgan fingerprint density at radius 3 is 2.55 bits per heavy atom. The van der Waals surface area contributed by atoms with Crippen molar-refractivity contribution < 1.29 is 9.32 Å². The Balaban J connectivity index is 1.20. The zero-order valence-corrected chi connectivity index (χ0v) is 17.0. The van der Waals surface area contributed by atoms with Gasteiger partial charge in [-0.25, -0.2) is 0 Å². The number of hydrogen-bond acceptors (Lipinski definition) is 7. The molecule has 0 saturated carbocycles. The quantitative estimate of drug-likeness (QED) is 0.662. The topological polar surface area (TPSA) is 92.7 Å². The molecule has 2 atom stereocenters. The van der Waals surface area contributed by atoms with Crippen molar-refractivity contribution in [2.45, 2.75) is 33.6 Å². The molecule has 2 unspecified atom stereocenters. The van der Waals surface area contributed by atoms with Crippen LogP contribution in [0.2, 0.25) is 0 Å². The lowest BCUT2D eigenvalue weighted by molar-refractivity contribution is -0.130. The highest BCUT2D eigenvalue weighted by Crippen LogP contribution is 2.33. The fourth-order valence-corrected chi connectivity index (χ4v) is 4.69. The molecule has 0 radical (unpaired) electrons. The molecule has 2 saturated heterocycles. The van der Waals surface area contributed by atoms with E-state index in [4.69, 9.17) is 9.62 Å². The highest BCUT2D eigenvalue weighted by molar-refractivity contribution is 5.77. The molecular formula is C20H25N7O2. The molecular weight excluding hydrogens is 370 g/mol. The molecule has 1 amide bonds. The summed E-state index contributed by atoms with van der Waals surface area (Å²) in [5.74, 6) is 3.78. The van der Waals surface area contributed by atoms with Crippen LogP contribution in [0.25, 0.3) is 5.65 Å². The Hall–Kier alpha value is -2.97. The maximum Gasteiger partial charge on any atom is 0.222 e. The molecule has 9 nitrogen and oxygen atoms in total. The molecule has 5 rings (SSSR count). The number of carbonyl (C=O) groups is 1. The summed E-state index contributed by atoms with van der Waals surface area (Å²) in [5.41, 5.74) is 2.72. The molecule has 29 heavy (non-hydrogen) atoms. The standard InChI is InChI=1S/C20H25N7O2/c1-12-17(13(2)29-24-12)4-7-20(28)26-10-15-8-25(9-16(15)11-26)19-6-5-18-22-21-14(3)27(18)23-19/h5-6,15-16H,4,7-11H2,1-3H3. The van der Waals surface area contributed by atoms with Gasteiger partial charge in [-0.15, -0.1) is 15.3 Å². The first-order valence-corrected chi connectivity index (χ1v) is 10.1. The Kier molecular flexibility index (Phi) is 4.25. The molecule has 3 aromatic heterocycles. The summed E-state index contributed by atoms with van der Waals surface area (Å²) in [6, 6.07) is 3.97. The summed E-state index contributed by atoms with van der Waals surface area (Å²) in [5, 5.41) is 16.8. The third-order valence-corrected chi connectivity index (χ3v) is 6.34. The van der Waals surface area contributed by atoms with Gasteiger partial charge in [0.05, 0.1) is 5.69 Å². The summed E-state index contributed by atoms with van der Waals surface area (Å²) >= 11 is 0. The maximum atomic E-state index is 12.7. The highest BCUT2D eigenvalue weighted by Gasteiger charge is 2.42. The van der Waals surface area contributed by atoms with Crippen LogP contribution in [0.3, 0.4) is 0 Å². The van der Waals surface area contributed by atoms with Gasteiger partial charge in [-0.05, 0) is 39.3 Å². The molecule has 5 heterocycles. The van der Waals surface area contributed by atoms with Crippen molar-refractivity contribution in [3.8, 4) is 0 Å². The zero-order valence-electron chi connectivity index (χ0n) is 17.0. The van der Waals surface area contributed by atoms with Crippen molar-refractivity contribution in [1.29, 1.82) is 0 Å². The Morgan fingerprint density at radius 2 is 1.86 bits per heavy atom. The third kappa shape index (κ3) is 3.14. The maximum absolute atomic E-state index is 12.7. The lowest BCUT2D eigenvalue weighted by Crippen LogP contribution is -2.33. The van der Waals surface area contributed by atoms with Gasteiger partial charge < -0.3 is 14.3 Å². The van der Waals surface area contributed by atoms with E-state index >= 15 is 0 Å². The van der Waals surface area contributed by atoms with Crippen LogP contribution in [0.15, 0.2) is 16.7 Å². The smallest absolute Gasteiger partial charge is 0.222 e. The number of likely N-dealkylation sites (tertiary alicyclic amines) is 1. The van der Waals surface area contributed by atoms with Gasteiger partial charge >= 0.3 is 0 Å². The molecule has 9 heteroatoms. The predicted molar refractivity (Wildman–Crippen MR) is 106 cm³/mol. The molecule has 0 spiro atoms. The van der Waals surface area contributed by atoms with E-state index in [2.05, 4.69) is 20.3 Å². The van der Waals surface area contributed by atoms with Crippen LogP contribution in [0, 0.1) is 32.6 Å². The fraction of sp³-hybridized carbons (Fsp3) is 0.550. The molecule has 0 N–H and O–H groups in total. The summed E-state index contributed by atoms with van der Waals surface area (Å²) in [4.78, 5) is 17.1. The zero-order chi connectivity index (χ0) is 20.1. The fourth-order valence-electron chi connectivity index (χ4n) is 4.69. The van der Waals surface area contributed by atoms with E-state index < -0.39 is 0 Å². The molecule has 2 fully saturated rings. The number of hydrogen-bond donors (Lipinski definition) is 0. The second-order valence-electron chi connectivity index (χ2n) is 8.24. The van der Waals surface area contributed by atoms with E-state index in [1.807, 2.05) is 37.8 Å². The van der Waals surface area contributed by atoms with Crippen molar-refractivity contribution in [1.82, 2.24) is 29.9 Å². The number of rotatable bonds is 4. The number of fused-ring (bicyclic) bond motifs is 2. The monoisotopic (exact) mass is 395 g/mol. The second-order valence-corrected chi connectivity index (χ2v) is 8.24. The second kappa shape index (κ2) is 6.82. The van der Waals surface area contributed by atoms with E-state index in [0.29, 0.717) is 24.7 Å². The van der Waals surface area contributed by atoms with Gasteiger partial charge in [0.2, 0.25) is 5.91 Å². The van der Waals surface area contributed by atoms with Gasteiger partial charge in [0.15, 0.2) is 11.5 Å². The van der Waals surface area contributed by atoms with Crippen LogP contribution in [-0.4, -0.2) is 62.0 Å². The van der Waals surface area contributed by atoms with Gasteiger partial charge in [-0.1, -0.05) is 5.16 Å². The third-order valence-electron chi connectivity index (χ3n) is 6.34. The lowest BCUT2D eigenvalue weighted by atomic mass is 10.0. The number of carbonyl (C=O) groups excluding carboxylic acids is 1. The summed E-state index contributed by atoms with van der Waals surface area (Å²) < 4.78 is 6.99. The Labute approximate surface area is 168 Å². The number of aryl methyl sites for hydroxylation is 3. The summed E-state index contributed by atoms with van der Waals surface area (Å²) in [7, 11) is 0. The van der Waals surface area contributed by atoms with E-state index in [9.17, 15) is 4.79 Å². The van der Waals surface area contributed by atoms with Gasteiger partial charge in [0.25, 0.3) is 0 Å². The Morgan fingerprint density at radius 1 is 1.10 bits per heavy atom. The average Bonchev–Trinajstić information content (AvgIpc) is 3.44. The first-order valence-electron chi connectivity index (χ1n) is 10.1. The highest BCUT2D eigenvalue weighted by atomic mass is 16.5. The van der Waals surface area contributed by atoms with Gasteiger partial charge in [-0.2, -0.15) is 4.52 Å². The largest absolute Gasteiger partial charge is 0.361 e. The molecule has 0 aromatic carbocycles. The number of nitrogens with zero attached hydrogens (tertiary/aromatic N) is 7. The van der Waals surface area contributed by atoms with Crippen molar-refractivity contribution in [3.05, 3.63) is 35.0 Å². The average molecular weight is 395 g/mol. The first kappa shape index (κ1) is 18.1. The molecule has 2 aliphatic heterocycles. The minimum absolute atomic E-state index is 0.227. The SMILES string of the molecule is Cc1noc(C)c1CCC(=O)N1CC2CN(c3ccc4nnc(C)n4n3)CC2C1. The van der Waals surface area contributed by atoms with E-state index in [0.717, 1.165) is 60.5 Å². The van der Waals surface area contributed by atoms with Gasteiger partial charge in [0, 0.05) is 50.0 Å². The van der Waals surface area contributed by atoms with Crippen molar-refractivity contribution >= 4 is 17.4 Å². The summed E-state index contributed by atoms with van der Waals surface area (Å²) in [6.45, 7) is 9.25. The molecule has 3 aromatic rings. The van der Waals surface area contributed by atoms with Crippen molar-refractivity contribution in [2.24, 2.45) is 11.8 Å². The van der Waals surface area contributed by atoms with Crippen LogP contribution >= 0.6 is 0 Å². The van der Waals surface area contributed by atoms with Crippen LogP contribution in [0.1, 0.15) is 29.3 Å². The van der Waals surface area contributed by atoms with Crippen molar-refractivity contribution in [3.63, 3.8) is 0 Å². The van der Waals surface area contributed by atoms with Crippen LogP contribution in [0.5, 0.6) is 0 Å². The van der Waals surface area contributed by atoms with Crippen LogP contribution in [-0.2, 0) is 11.2 Å². The van der Waals surface area contributed by atoms with Crippen LogP contribution < -0.4 is 4.90 Å². The van der Waals surface area contributed by atoms with Crippen molar-refractivity contribution in [2.75, 3.05) is 31.1 Å².